The van der Waals surface area contributed by atoms with Crippen LogP contribution in [0.15, 0.2) is 12.4 Å². The van der Waals surface area contributed by atoms with E-state index in [2.05, 4.69) is 26.7 Å². The van der Waals surface area contributed by atoms with Gasteiger partial charge in [0.15, 0.2) is 11.5 Å². The van der Waals surface area contributed by atoms with Gasteiger partial charge in [-0.1, -0.05) is 0 Å². The first kappa shape index (κ1) is 11.8. The maximum atomic E-state index is 8.93. The molecular formula is C12H17N5. The van der Waals surface area contributed by atoms with Gasteiger partial charge in [-0.15, -0.1) is 0 Å². The highest BCUT2D eigenvalue weighted by atomic mass is 15.0. The van der Waals surface area contributed by atoms with Crippen molar-refractivity contribution >= 4 is 5.82 Å². The van der Waals surface area contributed by atoms with Crippen LogP contribution in [-0.2, 0) is 0 Å². The van der Waals surface area contributed by atoms with Crippen molar-refractivity contribution in [2.75, 3.05) is 12.4 Å². The van der Waals surface area contributed by atoms with E-state index in [4.69, 9.17) is 5.26 Å². The molecule has 0 unspecified atom stereocenters. The van der Waals surface area contributed by atoms with Crippen LogP contribution in [0, 0.1) is 11.3 Å². The van der Waals surface area contributed by atoms with Crippen molar-refractivity contribution in [1.29, 1.82) is 5.26 Å². The van der Waals surface area contributed by atoms with Gasteiger partial charge < -0.3 is 10.6 Å². The van der Waals surface area contributed by atoms with E-state index in [1.807, 2.05) is 7.05 Å². The fraction of sp³-hybridized carbons (Fsp3) is 0.583. The van der Waals surface area contributed by atoms with Crippen molar-refractivity contribution in [3.8, 4) is 6.07 Å². The van der Waals surface area contributed by atoms with Crippen molar-refractivity contribution in [3.05, 3.63) is 18.1 Å². The highest BCUT2D eigenvalue weighted by Gasteiger charge is 2.20. The molecule has 1 saturated carbocycles. The molecular weight excluding hydrogens is 214 g/mol. The molecule has 2 N–H and O–H groups in total. The van der Waals surface area contributed by atoms with Crippen LogP contribution < -0.4 is 10.6 Å². The maximum absolute atomic E-state index is 8.93. The lowest BCUT2D eigenvalue weighted by Crippen LogP contribution is -2.35. The van der Waals surface area contributed by atoms with Crippen molar-refractivity contribution in [2.45, 2.75) is 37.8 Å². The zero-order valence-electron chi connectivity index (χ0n) is 9.98. The summed E-state index contributed by atoms with van der Waals surface area (Å²) in [5.41, 5.74) is 0.378. The fourth-order valence-corrected chi connectivity index (χ4v) is 2.25. The molecule has 5 nitrogen and oxygen atoms in total. The van der Waals surface area contributed by atoms with Gasteiger partial charge in [-0.2, -0.15) is 5.26 Å². The third-order valence-electron chi connectivity index (χ3n) is 3.28. The van der Waals surface area contributed by atoms with Gasteiger partial charge in [0.2, 0.25) is 0 Å². The summed E-state index contributed by atoms with van der Waals surface area (Å²) in [5.74, 6) is 0.614. The number of nitrogens with one attached hydrogen (secondary N) is 2. The summed E-state index contributed by atoms with van der Waals surface area (Å²) in [6, 6.07) is 3.09. The van der Waals surface area contributed by atoms with Crippen LogP contribution in [0.5, 0.6) is 0 Å². The molecule has 17 heavy (non-hydrogen) atoms. The highest BCUT2D eigenvalue weighted by Crippen LogP contribution is 2.21. The minimum Gasteiger partial charge on any atom is -0.365 e. The Bertz CT molecular complexity index is 404. The molecule has 2 rings (SSSR count). The molecule has 0 radical (unpaired) electrons. The van der Waals surface area contributed by atoms with Crippen LogP contribution in [0.2, 0.25) is 0 Å². The second-order valence-corrected chi connectivity index (χ2v) is 4.35. The van der Waals surface area contributed by atoms with E-state index in [9.17, 15) is 0 Å². The molecule has 1 aliphatic rings. The Morgan fingerprint density at radius 2 is 1.82 bits per heavy atom. The third-order valence-corrected chi connectivity index (χ3v) is 3.28. The number of hydrogen-bond acceptors (Lipinski definition) is 5. The average Bonchev–Trinajstić information content (AvgIpc) is 2.40. The monoisotopic (exact) mass is 231 g/mol. The predicted octanol–water partition coefficient (Wildman–Crippen LogP) is 1.29. The smallest absolute Gasteiger partial charge is 0.182 e. The Balaban J connectivity index is 1.96. The van der Waals surface area contributed by atoms with E-state index < -0.39 is 0 Å². The van der Waals surface area contributed by atoms with Gasteiger partial charge in [0.05, 0.1) is 0 Å². The van der Waals surface area contributed by atoms with Crippen LogP contribution in [0.4, 0.5) is 5.82 Å². The van der Waals surface area contributed by atoms with Gasteiger partial charge in [-0.3, -0.25) is 0 Å². The largest absolute Gasteiger partial charge is 0.365 e. The molecule has 0 saturated heterocycles. The fourth-order valence-electron chi connectivity index (χ4n) is 2.25. The molecule has 1 aromatic rings. The van der Waals surface area contributed by atoms with Gasteiger partial charge in [0.25, 0.3) is 0 Å². The Hall–Kier alpha value is -1.67. The second-order valence-electron chi connectivity index (χ2n) is 4.35. The minimum atomic E-state index is 0.378. The average molecular weight is 231 g/mol. The SMILES string of the molecule is CNC1CCC(Nc2nccnc2C#N)CC1. The lowest BCUT2D eigenvalue weighted by Gasteiger charge is -2.29. The Morgan fingerprint density at radius 3 is 2.47 bits per heavy atom. The Morgan fingerprint density at radius 1 is 1.18 bits per heavy atom. The van der Waals surface area contributed by atoms with E-state index in [1.165, 1.54) is 0 Å². The summed E-state index contributed by atoms with van der Waals surface area (Å²) in [5, 5.41) is 15.5. The molecule has 0 aromatic carbocycles. The number of nitriles is 1. The molecule has 90 valence electrons. The summed E-state index contributed by atoms with van der Waals surface area (Å²) >= 11 is 0. The van der Waals surface area contributed by atoms with Crippen LogP contribution in [0.3, 0.4) is 0 Å². The van der Waals surface area contributed by atoms with Gasteiger partial charge in [-0.05, 0) is 32.7 Å². The van der Waals surface area contributed by atoms with Crippen LogP contribution >= 0.6 is 0 Å². The van der Waals surface area contributed by atoms with Gasteiger partial charge in [-0.25, -0.2) is 9.97 Å². The van der Waals surface area contributed by atoms with E-state index in [1.54, 1.807) is 12.4 Å². The first-order valence-electron chi connectivity index (χ1n) is 5.98. The molecule has 1 fully saturated rings. The number of aromatic nitrogens is 2. The number of nitrogens with zero attached hydrogens (tertiary/aromatic N) is 3. The van der Waals surface area contributed by atoms with Gasteiger partial charge in [0, 0.05) is 24.5 Å². The van der Waals surface area contributed by atoms with Crippen molar-refractivity contribution in [1.82, 2.24) is 15.3 Å². The summed E-state index contributed by atoms with van der Waals surface area (Å²) in [6.45, 7) is 0. The van der Waals surface area contributed by atoms with Crippen LogP contribution in [0.25, 0.3) is 0 Å². The summed E-state index contributed by atoms with van der Waals surface area (Å²) < 4.78 is 0. The summed E-state index contributed by atoms with van der Waals surface area (Å²) in [4.78, 5) is 8.17. The normalized spacial score (nSPS) is 24.0. The molecule has 1 heterocycles. The van der Waals surface area contributed by atoms with Crippen LogP contribution in [0.1, 0.15) is 31.4 Å². The molecule has 0 amide bonds. The highest BCUT2D eigenvalue weighted by molar-refractivity contribution is 5.47. The van der Waals surface area contributed by atoms with Crippen molar-refractivity contribution in [3.63, 3.8) is 0 Å². The first-order chi connectivity index (χ1) is 8.33. The van der Waals surface area contributed by atoms with Gasteiger partial charge >= 0.3 is 0 Å². The Kier molecular flexibility index (Phi) is 3.89. The van der Waals surface area contributed by atoms with Crippen molar-refractivity contribution < 1.29 is 0 Å². The number of anilines is 1. The second kappa shape index (κ2) is 5.60. The third kappa shape index (κ3) is 2.92. The lowest BCUT2D eigenvalue weighted by atomic mass is 9.91. The molecule has 0 spiro atoms. The van der Waals surface area contributed by atoms with Crippen LogP contribution in [-0.4, -0.2) is 29.1 Å². The molecule has 5 heteroatoms. The standard InChI is InChI=1S/C12H17N5/c1-14-9-2-4-10(5-3-9)17-12-11(8-13)15-6-7-16-12/h6-7,9-10,14H,2-5H2,1H3,(H,16,17). The summed E-state index contributed by atoms with van der Waals surface area (Å²) in [7, 11) is 2.01. The zero-order chi connectivity index (χ0) is 12.1. The van der Waals surface area contributed by atoms with E-state index in [0.717, 1.165) is 25.7 Å². The topological polar surface area (TPSA) is 73.6 Å². The molecule has 0 bridgehead atoms. The van der Waals surface area contributed by atoms with Gasteiger partial charge in [0.1, 0.15) is 6.07 Å². The number of hydrogen-bond donors (Lipinski definition) is 2. The van der Waals surface area contributed by atoms with E-state index >= 15 is 0 Å². The molecule has 1 aliphatic carbocycles. The number of rotatable bonds is 3. The zero-order valence-corrected chi connectivity index (χ0v) is 9.98. The quantitative estimate of drug-likeness (QED) is 0.820. The predicted molar refractivity (Wildman–Crippen MR) is 65.5 cm³/mol. The Labute approximate surface area is 101 Å². The molecule has 0 atom stereocenters. The van der Waals surface area contributed by atoms with Crippen molar-refractivity contribution in [2.24, 2.45) is 0 Å². The summed E-state index contributed by atoms with van der Waals surface area (Å²) in [6.07, 6.45) is 7.69. The lowest BCUT2D eigenvalue weighted by molar-refractivity contribution is 0.371. The molecule has 0 aliphatic heterocycles. The van der Waals surface area contributed by atoms with E-state index in [0.29, 0.717) is 23.6 Å². The minimum absolute atomic E-state index is 0.378. The molecule has 1 aromatic heterocycles. The maximum Gasteiger partial charge on any atom is 0.182 e. The van der Waals surface area contributed by atoms with E-state index in [-0.39, 0.29) is 0 Å². The first-order valence-corrected chi connectivity index (χ1v) is 5.98.